The van der Waals surface area contributed by atoms with Crippen molar-refractivity contribution in [3.63, 3.8) is 0 Å². The van der Waals surface area contributed by atoms with Crippen LogP contribution in [0.15, 0.2) is 48.5 Å². The summed E-state index contributed by atoms with van der Waals surface area (Å²) in [7, 11) is 0. The number of hydrogen-bond donors (Lipinski definition) is 5. The third-order valence-corrected chi connectivity index (χ3v) is 3.48. The van der Waals surface area contributed by atoms with Crippen LogP contribution in [0.4, 0.5) is 13.2 Å². The van der Waals surface area contributed by atoms with Crippen molar-refractivity contribution >= 4 is 23.6 Å². The second kappa shape index (κ2) is 11.2. The number of aliphatic carboxylic acids is 1. The van der Waals surface area contributed by atoms with E-state index in [1.165, 1.54) is 24.3 Å². The van der Waals surface area contributed by atoms with Crippen molar-refractivity contribution in [2.75, 3.05) is 13.2 Å². The van der Waals surface area contributed by atoms with Gasteiger partial charge in [-0.05, 0) is 36.4 Å². The van der Waals surface area contributed by atoms with E-state index >= 15 is 0 Å². The lowest BCUT2D eigenvalue weighted by Gasteiger charge is -2.09. The molecular formula is C19H19F3N4O5. The SMILES string of the molecule is N=C(N)c1cccc(OCCNC(=O)c2ccc(C(N)=O)cc2)c1.O=C(O)C(F)(F)F. The number of hydrogen-bond acceptors (Lipinski definition) is 5. The van der Waals surface area contributed by atoms with Gasteiger partial charge >= 0.3 is 12.1 Å². The summed E-state index contributed by atoms with van der Waals surface area (Å²) in [6, 6.07) is 12.9. The Bertz CT molecular complexity index is 946. The molecule has 0 aliphatic heterocycles. The number of carboxylic acids is 1. The topological polar surface area (TPSA) is 169 Å². The molecule has 2 aromatic rings. The summed E-state index contributed by atoms with van der Waals surface area (Å²) in [5.41, 5.74) is 11.9. The van der Waals surface area contributed by atoms with Crippen LogP contribution >= 0.6 is 0 Å². The second-order valence-electron chi connectivity index (χ2n) is 5.79. The number of primary amides is 1. The minimum absolute atomic E-state index is 0.0341. The Hall–Kier alpha value is -4.09. The van der Waals surface area contributed by atoms with Gasteiger partial charge in [0.25, 0.3) is 5.91 Å². The Morgan fingerprint density at radius 3 is 2.03 bits per heavy atom. The zero-order valence-corrected chi connectivity index (χ0v) is 15.9. The minimum Gasteiger partial charge on any atom is -0.492 e. The van der Waals surface area contributed by atoms with Crippen LogP contribution in [0.2, 0.25) is 0 Å². The quantitative estimate of drug-likeness (QED) is 0.248. The van der Waals surface area contributed by atoms with Crippen LogP contribution in [0.25, 0.3) is 0 Å². The molecule has 0 unspecified atom stereocenters. The molecule has 0 saturated carbocycles. The number of amides is 2. The molecule has 0 aliphatic carbocycles. The number of rotatable bonds is 7. The second-order valence-corrected chi connectivity index (χ2v) is 5.79. The van der Waals surface area contributed by atoms with E-state index in [1.807, 2.05) is 0 Å². The molecule has 0 bridgehead atoms. The summed E-state index contributed by atoms with van der Waals surface area (Å²) in [5.74, 6) is -3.03. The van der Waals surface area contributed by atoms with Gasteiger partial charge in [0.1, 0.15) is 18.2 Å². The van der Waals surface area contributed by atoms with E-state index in [0.29, 0.717) is 29.0 Å². The Balaban J connectivity index is 0.000000592. The van der Waals surface area contributed by atoms with E-state index in [2.05, 4.69) is 5.32 Å². The fourth-order valence-electron chi connectivity index (χ4n) is 1.97. The number of nitrogen functional groups attached to an aromatic ring is 1. The first kappa shape index (κ1) is 24.9. The zero-order chi connectivity index (χ0) is 23.6. The first-order chi connectivity index (χ1) is 14.4. The summed E-state index contributed by atoms with van der Waals surface area (Å²) >= 11 is 0. The summed E-state index contributed by atoms with van der Waals surface area (Å²) in [6.07, 6.45) is -5.08. The molecule has 0 spiro atoms. The van der Waals surface area contributed by atoms with Crippen LogP contribution in [0.5, 0.6) is 5.75 Å². The molecular weight excluding hydrogens is 421 g/mol. The monoisotopic (exact) mass is 440 g/mol. The first-order valence-electron chi connectivity index (χ1n) is 8.47. The third-order valence-electron chi connectivity index (χ3n) is 3.48. The average Bonchev–Trinajstić information content (AvgIpc) is 2.71. The third kappa shape index (κ3) is 8.85. The van der Waals surface area contributed by atoms with Gasteiger partial charge in [-0.1, -0.05) is 12.1 Å². The van der Waals surface area contributed by atoms with E-state index in [-0.39, 0.29) is 18.3 Å². The largest absolute Gasteiger partial charge is 0.492 e. The number of benzene rings is 2. The smallest absolute Gasteiger partial charge is 0.490 e. The minimum atomic E-state index is -5.08. The number of nitrogens with two attached hydrogens (primary N) is 2. The van der Waals surface area contributed by atoms with Crippen molar-refractivity contribution in [1.29, 1.82) is 5.41 Å². The van der Waals surface area contributed by atoms with Gasteiger partial charge in [0, 0.05) is 16.7 Å². The molecule has 0 atom stereocenters. The van der Waals surface area contributed by atoms with Gasteiger partial charge in [0.05, 0.1) is 6.54 Å². The Kier molecular flexibility index (Phi) is 9.00. The molecule has 2 rings (SSSR count). The van der Waals surface area contributed by atoms with Gasteiger partial charge in [-0.2, -0.15) is 13.2 Å². The van der Waals surface area contributed by atoms with Gasteiger partial charge in [0.2, 0.25) is 5.91 Å². The fraction of sp³-hybridized carbons (Fsp3) is 0.158. The summed E-state index contributed by atoms with van der Waals surface area (Å²) in [4.78, 5) is 31.8. The van der Waals surface area contributed by atoms with Crippen molar-refractivity contribution in [1.82, 2.24) is 5.32 Å². The van der Waals surface area contributed by atoms with E-state index in [0.717, 1.165) is 0 Å². The molecule has 31 heavy (non-hydrogen) atoms. The molecule has 0 saturated heterocycles. The highest BCUT2D eigenvalue weighted by molar-refractivity contribution is 5.97. The Morgan fingerprint density at radius 2 is 1.55 bits per heavy atom. The fourth-order valence-corrected chi connectivity index (χ4v) is 1.97. The molecule has 0 fully saturated rings. The van der Waals surface area contributed by atoms with Gasteiger partial charge < -0.3 is 26.6 Å². The van der Waals surface area contributed by atoms with E-state index in [9.17, 15) is 22.8 Å². The molecule has 0 aliphatic rings. The number of carbonyl (C=O) groups is 3. The zero-order valence-electron chi connectivity index (χ0n) is 15.9. The molecule has 0 heterocycles. The maximum atomic E-state index is 12.0. The van der Waals surface area contributed by atoms with E-state index < -0.39 is 18.1 Å². The molecule has 2 aromatic carbocycles. The van der Waals surface area contributed by atoms with Crippen LogP contribution in [-0.2, 0) is 4.79 Å². The van der Waals surface area contributed by atoms with Gasteiger partial charge in [-0.25, -0.2) is 4.79 Å². The number of amidine groups is 1. The van der Waals surface area contributed by atoms with E-state index in [1.54, 1.807) is 24.3 Å². The normalized spacial score (nSPS) is 10.3. The molecule has 7 N–H and O–H groups in total. The number of carbonyl (C=O) groups excluding carboxylic acids is 2. The Morgan fingerprint density at radius 1 is 1.00 bits per heavy atom. The van der Waals surface area contributed by atoms with Crippen molar-refractivity contribution in [2.24, 2.45) is 11.5 Å². The highest BCUT2D eigenvalue weighted by atomic mass is 19.4. The summed E-state index contributed by atoms with van der Waals surface area (Å²) < 4.78 is 37.2. The predicted octanol–water partition coefficient (Wildman–Crippen LogP) is 1.51. The van der Waals surface area contributed by atoms with Crippen molar-refractivity contribution in [2.45, 2.75) is 6.18 Å². The van der Waals surface area contributed by atoms with Gasteiger partial charge in [-0.15, -0.1) is 0 Å². The van der Waals surface area contributed by atoms with Crippen LogP contribution in [0, 0.1) is 5.41 Å². The lowest BCUT2D eigenvalue weighted by molar-refractivity contribution is -0.192. The highest BCUT2D eigenvalue weighted by Gasteiger charge is 2.38. The molecule has 166 valence electrons. The predicted molar refractivity (Wildman–Crippen MR) is 104 cm³/mol. The van der Waals surface area contributed by atoms with Gasteiger partial charge in [-0.3, -0.25) is 15.0 Å². The highest BCUT2D eigenvalue weighted by Crippen LogP contribution is 2.13. The van der Waals surface area contributed by atoms with Crippen molar-refractivity contribution in [3.8, 4) is 5.75 Å². The van der Waals surface area contributed by atoms with Crippen LogP contribution in [0.1, 0.15) is 26.3 Å². The molecule has 0 radical (unpaired) electrons. The van der Waals surface area contributed by atoms with Crippen LogP contribution in [-0.4, -0.2) is 48.1 Å². The Labute approximate surface area is 174 Å². The molecule has 9 nitrogen and oxygen atoms in total. The maximum absolute atomic E-state index is 12.0. The summed E-state index contributed by atoms with van der Waals surface area (Å²) in [5, 5.41) is 17.2. The van der Waals surface area contributed by atoms with Crippen LogP contribution in [0.3, 0.4) is 0 Å². The average molecular weight is 440 g/mol. The number of halogens is 3. The van der Waals surface area contributed by atoms with E-state index in [4.69, 9.17) is 31.5 Å². The molecule has 2 amide bonds. The van der Waals surface area contributed by atoms with Gasteiger partial charge in [0.15, 0.2) is 0 Å². The number of nitrogens with one attached hydrogen (secondary N) is 2. The number of carboxylic acid groups (broad SMARTS) is 1. The number of ether oxygens (including phenoxy) is 1. The summed E-state index contributed by atoms with van der Waals surface area (Å²) in [6.45, 7) is 0.577. The lowest BCUT2D eigenvalue weighted by atomic mass is 10.1. The lowest BCUT2D eigenvalue weighted by Crippen LogP contribution is -2.28. The number of alkyl halides is 3. The first-order valence-corrected chi connectivity index (χ1v) is 8.47. The van der Waals surface area contributed by atoms with Crippen LogP contribution < -0.4 is 21.5 Å². The van der Waals surface area contributed by atoms with Crippen molar-refractivity contribution < 1.29 is 37.4 Å². The van der Waals surface area contributed by atoms with Crippen molar-refractivity contribution in [3.05, 3.63) is 65.2 Å². The standard InChI is InChI=1S/C17H18N4O3.C2HF3O2/c18-15(19)13-2-1-3-14(10-13)24-9-8-21-17(23)12-6-4-11(5-7-12)16(20)22;3-2(4,5)1(6)7/h1-7,10H,8-9H2,(H3,18,19)(H2,20,22)(H,21,23);(H,6,7). The maximum Gasteiger partial charge on any atom is 0.490 e. The molecule has 0 aromatic heterocycles. The molecule has 12 heteroatoms.